The van der Waals surface area contributed by atoms with Gasteiger partial charge in [0.2, 0.25) is 0 Å². The lowest BCUT2D eigenvalue weighted by atomic mass is 9.95. The van der Waals surface area contributed by atoms with Gasteiger partial charge in [-0.3, -0.25) is 4.79 Å². The molecule has 1 aliphatic rings. The molecule has 2 aromatic carbocycles. The summed E-state index contributed by atoms with van der Waals surface area (Å²) in [6, 6.07) is 19.0. The van der Waals surface area contributed by atoms with Crippen LogP contribution >= 0.6 is 0 Å². The zero-order valence-corrected chi connectivity index (χ0v) is 20.1. The minimum atomic E-state index is -0.330. The van der Waals surface area contributed by atoms with E-state index in [0.717, 1.165) is 49.2 Å². The maximum atomic E-state index is 12.6. The molecule has 0 radical (unpaired) electrons. The quantitative estimate of drug-likeness (QED) is 0.437. The van der Waals surface area contributed by atoms with Crippen LogP contribution < -0.4 is 5.73 Å². The van der Waals surface area contributed by atoms with Gasteiger partial charge < -0.3 is 15.2 Å². The van der Waals surface area contributed by atoms with E-state index in [1.165, 1.54) is 49.2 Å². The summed E-state index contributed by atoms with van der Waals surface area (Å²) < 4.78 is 2.38. The van der Waals surface area contributed by atoms with Crippen LogP contribution in [0.3, 0.4) is 0 Å². The third-order valence-corrected chi connectivity index (χ3v) is 7.01. The Hall–Kier alpha value is -2.85. The maximum Gasteiger partial charge on any atom is 0.251 e. The van der Waals surface area contributed by atoms with Crippen LogP contribution in [0.1, 0.15) is 60.8 Å². The number of carbonyl (C=O) groups is 1. The molecule has 2 N–H and O–H groups in total. The van der Waals surface area contributed by atoms with Crippen molar-refractivity contribution in [1.29, 1.82) is 0 Å². The summed E-state index contributed by atoms with van der Waals surface area (Å²) in [4.78, 5) is 15.2. The first-order valence-corrected chi connectivity index (χ1v) is 12.5. The van der Waals surface area contributed by atoms with E-state index in [0.29, 0.717) is 5.56 Å². The molecule has 33 heavy (non-hydrogen) atoms. The van der Waals surface area contributed by atoms with Gasteiger partial charge in [0.25, 0.3) is 5.91 Å². The minimum Gasteiger partial charge on any atom is -0.366 e. The van der Waals surface area contributed by atoms with Gasteiger partial charge in [-0.15, -0.1) is 0 Å². The molecule has 1 fully saturated rings. The van der Waals surface area contributed by atoms with Gasteiger partial charge in [0.15, 0.2) is 0 Å². The molecule has 1 aromatic heterocycles. The summed E-state index contributed by atoms with van der Waals surface area (Å²) in [5, 5.41) is 0. The monoisotopic (exact) mass is 443 g/mol. The van der Waals surface area contributed by atoms with Crippen LogP contribution in [-0.4, -0.2) is 35.0 Å². The fourth-order valence-electron chi connectivity index (χ4n) is 5.20. The van der Waals surface area contributed by atoms with Crippen molar-refractivity contribution in [1.82, 2.24) is 9.47 Å². The first-order valence-electron chi connectivity index (χ1n) is 12.5. The van der Waals surface area contributed by atoms with Crippen molar-refractivity contribution in [3.63, 3.8) is 0 Å². The molecule has 3 aromatic rings. The van der Waals surface area contributed by atoms with E-state index >= 15 is 0 Å². The van der Waals surface area contributed by atoms with Crippen molar-refractivity contribution in [2.24, 2.45) is 5.73 Å². The van der Waals surface area contributed by atoms with Gasteiger partial charge in [-0.1, -0.05) is 74.4 Å². The average molecular weight is 444 g/mol. The van der Waals surface area contributed by atoms with Crippen LogP contribution in [0.15, 0.2) is 54.6 Å². The number of primary amides is 1. The molecule has 4 rings (SSSR count). The molecule has 0 spiro atoms. The van der Waals surface area contributed by atoms with E-state index in [9.17, 15) is 4.79 Å². The van der Waals surface area contributed by atoms with Gasteiger partial charge in [0, 0.05) is 30.0 Å². The third-order valence-electron chi connectivity index (χ3n) is 7.01. The summed E-state index contributed by atoms with van der Waals surface area (Å²) in [6.45, 7) is 8.58. The molecule has 1 aliphatic heterocycles. The number of piperidine rings is 1. The Kier molecular flexibility index (Phi) is 7.66. The number of nitrogens with two attached hydrogens (primary N) is 1. The lowest BCUT2D eigenvalue weighted by Crippen LogP contribution is -2.33. The van der Waals surface area contributed by atoms with Crippen molar-refractivity contribution in [3.8, 4) is 22.3 Å². The molecule has 4 heteroatoms. The second-order valence-electron chi connectivity index (χ2n) is 9.25. The normalized spacial score (nSPS) is 14.5. The predicted octanol–water partition coefficient (Wildman–Crippen LogP) is 6.06. The highest BCUT2D eigenvalue weighted by Gasteiger charge is 2.25. The number of hydrogen-bond acceptors (Lipinski definition) is 2. The molecular formula is C29H37N3O. The van der Waals surface area contributed by atoms with Crippen molar-refractivity contribution in [2.45, 2.75) is 58.9 Å². The van der Waals surface area contributed by atoms with Gasteiger partial charge in [0.1, 0.15) is 0 Å². The van der Waals surface area contributed by atoms with Crippen molar-refractivity contribution in [2.75, 3.05) is 19.6 Å². The predicted molar refractivity (Wildman–Crippen MR) is 137 cm³/mol. The molecule has 1 amide bonds. The summed E-state index contributed by atoms with van der Waals surface area (Å²) in [5.41, 5.74) is 13.4. The standard InChI is InChI=1S/C29H37N3O/c1-3-4-13-26-28(25-16-14-24(15-17-25)23-11-7-5-8-12-23)27(29(30)33)22(2)32(26)21-20-31-18-9-6-10-19-31/h5,7-8,11-12,14-17H,3-4,6,9-10,13,18-21H2,1-2H3,(H2,30,33). The van der Waals surface area contributed by atoms with Gasteiger partial charge in [-0.25, -0.2) is 0 Å². The molecule has 174 valence electrons. The largest absolute Gasteiger partial charge is 0.366 e. The number of carbonyl (C=O) groups excluding carboxylic acids is 1. The van der Waals surface area contributed by atoms with Gasteiger partial charge in [0.05, 0.1) is 5.56 Å². The zero-order chi connectivity index (χ0) is 23.2. The Bertz CT molecular complexity index is 1060. The Balaban J connectivity index is 1.72. The Morgan fingerprint density at radius 3 is 2.15 bits per heavy atom. The number of hydrogen-bond donors (Lipinski definition) is 1. The van der Waals surface area contributed by atoms with Crippen LogP contribution in [0, 0.1) is 6.92 Å². The van der Waals surface area contributed by atoms with Crippen molar-refractivity contribution in [3.05, 3.63) is 71.5 Å². The first kappa shape index (κ1) is 23.3. The van der Waals surface area contributed by atoms with Crippen LogP contribution in [0.2, 0.25) is 0 Å². The first-order chi connectivity index (χ1) is 16.1. The van der Waals surface area contributed by atoms with E-state index in [4.69, 9.17) is 5.73 Å². The summed E-state index contributed by atoms with van der Waals surface area (Å²) >= 11 is 0. The Morgan fingerprint density at radius 1 is 0.879 bits per heavy atom. The third kappa shape index (κ3) is 5.22. The fraction of sp³-hybridized carbons (Fsp3) is 0.414. The number of likely N-dealkylation sites (tertiary alicyclic amines) is 1. The fourth-order valence-corrected chi connectivity index (χ4v) is 5.20. The maximum absolute atomic E-state index is 12.6. The van der Waals surface area contributed by atoms with E-state index in [1.807, 2.05) is 6.07 Å². The van der Waals surface area contributed by atoms with Gasteiger partial charge in [-0.05, 0) is 62.4 Å². The van der Waals surface area contributed by atoms with Crippen LogP contribution in [-0.2, 0) is 13.0 Å². The van der Waals surface area contributed by atoms with Gasteiger partial charge in [-0.2, -0.15) is 0 Å². The topological polar surface area (TPSA) is 51.3 Å². The molecular weight excluding hydrogens is 406 g/mol. The van der Waals surface area contributed by atoms with E-state index < -0.39 is 0 Å². The van der Waals surface area contributed by atoms with Gasteiger partial charge >= 0.3 is 0 Å². The number of nitrogens with zero attached hydrogens (tertiary/aromatic N) is 2. The molecule has 2 heterocycles. The van der Waals surface area contributed by atoms with Crippen LogP contribution in [0.5, 0.6) is 0 Å². The van der Waals surface area contributed by atoms with Crippen LogP contribution in [0.25, 0.3) is 22.3 Å². The average Bonchev–Trinajstić information content (AvgIpc) is 3.14. The summed E-state index contributed by atoms with van der Waals surface area (Å²) in [7, 11) is 0. The second-order valence-corrected chi connectivity index (χ2v) is 9.25. The Morgan fingerprint density at radius 2 is 1.52 bits per heavy atom. The summed E-state index contributed by atoms with van der Waals surface area (Å²) in [5.74, 6) is -0.330. The number of benzene rings is 2. The number of unbranched alkanes of at least 4 members (excludes halogenated alkanes) is 1. The number of amides is 1. The highest BCUT2D eigenvalue weighted by atomic mass is 16.1. The second kappa shape index (κ2) is 10.8. The molecule has 0 aliphatic carbocycles. The number of aromatic nitrogens is 1. The Labute approximate surface area is 198 Å². The SMILES string of the molecule is CCCCc1c(-c2ccc(-c3ccccc3)cc2)c(C(N)=O)c(C)n1CCN1CCCCC1. The van der Waals surface area contributed by atoms with Crippen molar-refractivity contribution < 1.29 is 4.79 Å². The minimum absolute atomic E-state index is 0.330. The molecule has 0 unspecified atom stereocenters. The molecule has 0 bridgehead atoms. The smallest absolute Gasteiger partial charge is 0.251 e. The molecule has 4 nitrogen and oxygen atoms in total. The van der Waals surface area contributed by atoms with Crippen molar-refractivity contribution >= 4 is 5.91 Å². The molecule has 0 saturated carbocycles. The highest BCUT2D eigenvalue weighted by Crippen LogP contribution is 2.35. The zero-order valence-electron chi connectivity index (χ0n) is 20.1. The highest BCUT2D eigenvalue weighted by molar-refractivity contribution is 6.02. The van der Waals surface area contributed by atoms with Crippen LogP contribution in [0.4, 0.5) is 0 Å². The number of rotatable bonds is 9. The summed E-state index contributed by atoms with van der Waals surface area (Å²) in [6.07, 6.45) is 7.10. The molecule has 0 atom stereocenters. The lowest BCUT2D eigenvalue weighted by Gasteiger charge is -2.27. The van der Waals surface area contributed by atoms with E-state index in [2.05, 4.69) is 71.8 Å². The van der Waals surface area contributed by atoms with E-state index in [-0.39, 0.29) is 5.91 Å². The lowest BCUT2D eigenvalue weighted by molar-refractivity contribution is 0.1000. The van der Waals surface area contributed by atoms with E-state index in [1.54, 1.807) is 0 Å². The molecule has 1 saturated heterocycles.